The molecule has 3 rings (SSSR count). The lowest BCUT2D eigenvalue weighted by Gasteiger charge is -2.30. The molecule has 1 saturated carbocycles. The molecule has 2 aromatic rings. The highest BCUT2D eigenvalue weighted by Crippen LogP contribution is 2.28. The van der Waals surface area contributed by atoms with Crippen molar-refractivity contribution in [3.05, 3.63) is 30.1 Å². The van der Waals surface area contributed by atoms with Crippen LogP contribution < -0.4 is 10.1 Å². The van der Waals surface area contributed by atoms with Gasteiger partial charge in [-0.15, -0.1) is 0 Å². The summed E-state index contributed by atoms with van der Waals surface area (Å²) in [6.07, 6.45) is 4.25. The molecule has 0 saturated heterocycles. The molecular formula is C21H27N3O5. The van der Waals surface area contributed by atoms with Gasteiger partial charge in [0.05, 0.1) is 23.6 Å². The molecule has 1 aromatic carbocycles. The second-order valence-corrected chi connectivity index (χ2v) is 8.14. The summed E-state index contributed by atoms with van der Waals surface area (Å²) in [7, 11) is 1.34. The SMILES string of the molecule is COC(=O)c1ccc2c(OC3CCC(NC(=O)OC(C)(C)C)CC3)ncnc2c1. The van der Waals surface area contributed by atoms with Crippen LogP contribution in [0.2, 0.25) is 0 Å². The zero-order chi connectivity index (χ0) is 21.0. The number of alkyl carbamates (subject to hydrolysis) is 1. The Morgan fingerprint density at radius 1 is 1.10 bits per heavy atom. The van der Waals surface area contributed by atoms with Gasteiger partial charge in [0.2, 0.25) is 5.88 Å². The first-order valence-corrected chi connectivity index (χ1v) is 9.74. The topological polar surface area (TPSA) is 99.6 Å². The minimum atomic E-state index is -0.508. The lowest BCUT2D eigenvalue weighted by Crippen LogP contribution is -2.42. The zero-order valence-electron chi connectivity index (χ0n) is 17.2. The van der Waals surface area contributed by atoms with E-state index >= 15 is 0 Å². The number of rotatable bonds is 4. The fourth-order valence-electron chi connectivity index (χ4n) is 3.33. The third kappa shape index (κ3) is 5.56. The summed E-state index contributed by atoms with van der Waals surface area (Å²) in [5, 5.41) is 3.67. The average Bonchev–Trinajstić information content (AvgIpc) is 2.67. The Hall–Kier alpha value is -2.90. The number of amides is 1. The second-order valence-electron chi connectivity index (χ2n) is 8.14. The standard InChI is InChI=1S/C21H27N3O5/c1-21(2,3)29-20(26)24-14-6-8-15(9-7-14)28-18-16-10-5-13(19(25)27-4)11-17(16)22-12-23-18/h5,10-12,14-15H,6-9H2,1-4H3,(H,24,26). The van der Waals surface area contributed by atoms with Gasteiger partial charge in [-0.25, -0.2) is 19.6 Å². The maximum atomic E-state index is 11.9. The van der Waals surface area contributed by atoms with Crippen LogP contribution in [-0.4, -0.2) is 46.9 Å². The van der Waals surface area contributed by atoms with Gasteiger partial charge in [-0.2, -0.15) is 0 Å². The van der Waals surface area contributed by atoms with Crippen LogP contribution in [0.1, 0.15) is 56.8 Å². The number of ether oxygens (including phenoxy) is 3. The Bertz CT molecular complexity index is 886. The van der Waals surface area contributed by atoms with Gasteiger partial charge in [-0.05, 0) is 64.7 Å². The monoisotopic (exact) mass is 401 g/mol. The molecule has 156 valence electrons. The lowest BCUT2D eigenvalue weighted by molar-refractivity contribution is 0.0469. The quantitative estimate of drug-likeness (QED) is 0.781. The van der Waals surface area contributed by atoms with Crippen molar-refractivity contribution >= 4 is 23.0 Å². The van der Waals surface area contributed by atoms with Gasteiger partial charge in [0.15, 0.2) is 0 Å². The van der Waals surface area contributed by atoms with Gasteiger partial charge in [0, 0.05) is 6.04 Å². The van der Waals surface area contributed by atoms with Gasteiger partial charge in [-0.1, -0.05) is 0 Å². The number of hydrogen-bond acceptors (Lipinski definition) is 7. The highest BCUT2D eigenvalue weighted by Gasteiger charge is 2.26. The van der Waals surface area contributed by atoms with E-state index in [0.717, 1.165) is 31.1 Å². The van der Waals surface area contributed by atoms with Crippen molar-refractivity contribution in [2.45, 2.75) is 64.2 Å². The molecule has 1 N–H and O–H groups in total. The van der Waals surface area contributed by atoms with Crippen LogP contribution in [0.3, 0.4) is 0 Å². The van der Waals surface area contributed by atoms with Crippen molar-refractivity contribution in [2.24, 2.45) is 0 Å². The van der Waals surface area contributed by atoms with Gasteiger partial charge in [-0.3, -0.25) is 0 Å². The van der Waals surface area contributed by atoms with E-state index in [1.54, 1.807) is 18.2 Å². The molecule has 0 unspecified atom stereocenters. The van der Waals surface area contributed by atoms with Crippen LogP contribution in [-0.2, 0) is 9.47 Å². The van der Waals surface area contributed by atoms with E-state index in [9.17, 15) is 9.59 Å². The van der Waals surface area contributed by atoms with Crippen LogP contribution >= 0.6 is 0 Å². The third-order valence-electron chi connectivity index (χ3n) is 4.69. The number of aromatic nitrogens is 2. The summed E-state index contributed by atoms with van der Waals surface area (Å²) in [4.78, 5) is 32.1. The summed E-state index contributed by atoms with van der Waals surface area (Å²) in [6.45, 7) is 5.53. The largest absolute Gasteiger partial charge is 0.474 e. The van der Waals surface area contributed by atoms with Gasteiger partial charge >= 0.3 is 12.1 Å². The van der Waals surface area contributed by atoms with E-state index in [-0.39, 0.29) is 18.2 Å². The summed E-state index contributed by atoms with van der Waals surface area (Å²) < 4.78 is 16.2. The first-order chi connectivity index (χ1) is 13.7. The van der Waals surface area contributed by atoms with Gasteiger partial charge in [0.1, 0.15) is 18.0 Å². The first kappa shape index (κ1) is 20.8. The Kier molecular flexibility index (Phi) is 6.20. The molecule has 0 aliphatic heterocycles. The number of benzene rings is 1. The molecule has 1 amide bonds. The molecule has 1 aliphatic rings. The maximum Gasteiger partial charge on any atom is 0.407 e. The summed E-state index contributed by atoms with van der Waals surface area (Å²) in [5.41, 5.74) is 0.545. The molecule has 1 fully saturated rings. The molecule has 0 radical (unpaired) electrons. The highest BCUT2D eigenvalue weighted by molar-refractivity contribution is 5.95. The van der Waals surface area contributed by atoms with E-state index < -0.39 is 11.6 Å². The van der Waals surface area contributed by atoms with Crippen molar-refractivity contribution in [1.82, 2.24) is 15.3 Å². The van der Waals surface area contributed by atoms with Crippen molar-refractivity contribution in [3.8, 4) is 5.88 Å². The van der Waals surface area contributed by atoms with Crippen molar-refractivity contribution < 1.29 is 23.8 Å². The fraction of sp³-hybridized carbons (Fsp3) is 0.524. The molecule has 8 nitrogen and oxygen atoms in total. The second kappa shape index (κ2) is 8.63. The summed E-state index contributed by atoms with van der Waals surface area (Å²) in [6, 6.07) is 5.19. The average molecular weight is 401 g/mol. The van der Waals surface area contributed by atoms with Crippen molar-refractivity contribution in [1.29, 1.82) is 0 Å². The van der Waals surface area contributed by atoms with E-state index in [1.807, 2.05) is 20.8 Å². The Morgan fingerprint density at radius 3 is 2.48 bits per heavy atom. The minimum Gasteiger partial charge on any atom is -0.474 e. The summed E-state index contributed by atoms with van der Waals surface area (Å²) >= 11 is 0. The lowest BCUT2D eigenvalue weighted by atomic mass is 9.93. The van der Waals surface area contributed by atoms with Crippen LogP contribution in [0.25, 0.3) is 10.9 Å². The molecule has 1 aromatic heterocycles. The minimum absolute atomic E-state index is 0.00469. The normalized spacial score (nSPS) is 19.4. The Labute approximate surface area is 170 Å². The number of esters is 1. The van der Waals surface area contributed by atoms with E-state index in [1.165, 1.54) is 13.4 Å². The fourth-order valence-corrected chi connectivity index (χ4v) is 3.33. The van der Waals surface area contributed by atoms with Gasteiger partial charge in [0.25, 0.3) is 0 Å². The number of methoxy groups -OCH3 is 1. The molecule has 0 atom stereocenters. The van der Waals surface area contributed by atoms with E-state index in [0.29, 0.717) is 17.0 Å². The Morgan fingerprint density at radius 2 is 1.83 bits per heavy atom. The predicted octanol–water partition coefficient (Wildman–Crippen LogP) is 3.63. The van der Waals surface area contributed by atoms with Crippen molar-refractivity contribution in [3.63, 3.8) is 0 Å². The first-order valence-electron chi connectivity index (χ1n) is 9.74. The van der Waals surface area contributed by atoms with Crippen LogP contribution in [0.15, 0.2) is 24.5 Å². The summed E-state index contributed by atoms with van der Waals surface area (Å²) in [5.74, 6) is 0.0822. The van der Waals surface area contributed by atoms with Crippen LogP contribution in [0.5, 0.6) is 5.88 Å². The van der Waals surface area contributed by atoms with Crippen LogP contribution in [0.4, 0.5) is 4.79 Å². The zero-order valence-corrected chi connectivity index (χ0v) is 17.2. The van der Waals surface area contributed by atoms with Gasteiger partial charge < -0.3 is 19.5 Å². The number of carbonyl (C=O) groups is 2. The van der Waals surface area contributed by atoms with Crippen molar-refractivity contribution in [2.75, 3.05) is 7.11 Å². The van der Waals surface area contributed by atoms with Crippen LogP contribution in [0, 0.1) is 0 Å². The number of carbonyl (C=O) groups excluding carboxylic acids is 2. The third-order valence-corrected chi connectivity index (χ3v) is 4.69. The number of nitrogens with one attached hydrogen (secondary N) is 1. The number of fused-ring (bicyclic) bond motifs is 1. The number of hydrogen-bond donors (Lipinski definition) is 1. The van der Waals surface area contributed by atoms with E-state index in [4.69, 9.17) is 14.2 Å². The number of nitrogens with zero attached hydrogens (tertiary/aromatic N) is 2. The molecule has 1 heterocycles. The predicted molar refractivity (Wildman–Crippen MR) is 107 cm³/mol. The molecular weight excluding hydrogens is 374 g/mol. The smallest absolute Gasteiger partial charge is 0.407 e. The molecule has 29 heavy (non-hydrogen) atoms. The molecule has 8 heteroatoms. The molecule has 0 bridgehead atoms. The molecule has 1 aliphatic carbocycles. The molecule has 0 spiro atoms. The maximum absolute atomic E-state index is 11.9. The van der Waals surface area contributed by atoms with E-state index in [2.05, 4.69) is 15.3 Å². The Balaban J connectivity index is 1.60. The highest BCUT2D eigenvalue weighted by atomic mass is 16.6.